The molecule has 0 aromatic heterocycles. The molecule has 0 aliphatic carbocycles. The van der Waals surface area contributed by atoms with Gasteiger partial charge in [-0.3, -0.25) is 0 Å². The van der Waals surface area contributed by atoms with E-state index in [9.17, 15) is 0 Å². The van der Waals surface area contributed by atoms with Gasteiger partial charge >= 0.3 is 0 Å². The normalized spacial score (nSPS) is 19.9. The van der Waals surface area contributed by atoms with Gasteiger partial charge in [0.05, 0.1) is 11.4 Å². The Balaban J connectivity index is 1.73. The minimum Gasteiger partial charge on any atom is -0.383 e. The van der Waals surface area contributed by atoms with E-state index in [1.807, 2.05) is 0 Å². The Morgan fingerprint density at radius 3 is 2.89 bits per heavy atom. The summed E-state index contributed by atoms with van der Waals surface area (Å²) < 4.78 is 0. The number of para-hydroxylation sites is 1. The standard InChI is InChI=1S/C17H26N2/c1-2-5-14-9-12-19(13-10-14)16-8-3-6-15-7-4-11-18-17(15)16/h3,6,8,14,18H,2,4-5,7,9-13H2,1H3. The second-order valence-electron chi connectivity index (χ2n) is 6.06. The van der Waals surface area contributed by atoms with Crippen molar-refractivity contribution in [1.29, 1.82) is 0 Å². The fraction of sp³-hybridized carbons (Fsp3) is 0.647. The van der Waals surface area contributed by atoms with Crippen LogP contribution in [-0.2, 0) is 6.42 Å². The van der Waals surface area contributed by atoms with Crippen LogP contribution in [0, 0.1) is 5.92 Å². The predicted molar refractivity (Wildman–Crippen MR) is 83.1 cm³/mol. The number of rotatable bonds is 3. The van der Waals surface area contributed by atoms with E-state index in [1.54, 1.807) is 0 Å². The molecule has 0 bridgehead atoms. The first kappa shape index (κ1) is 12.8. The minimum atomic E-state index is 0.966. The third kappa shape index (κ3) is 2.72. The molecule has 1 fully saturated rings. The van der Waals surface area contributed by atoms with Crippen LogP contribution in [0.1, 0.15) is 44.6 Å². The lowest BCUT2D eigenvalue weighted by Crippen LogP contribution is -2.34. The van der Waals surface area contributed by atoms with Crippen molar-refractivity contribution in [2.75, 3.05) is 29.9 Å². The number of nitrogens with one attached hydrogen (secondary N) is 1. The van der Waals surface area contributed by atoms with Crippen LogP contribution in [-0.4, -0.2) is 19.6 Å². The van der Waals surface area contributed by atoms with Crippen LogP contribution in [0.2, 0.25) is 0 Å². The summed E-state index contributed by atoms with van der Waals surface area (Å²) in [6.07, 6.45) is 8.01. The van der Waals surface area contributed by atoms with Gasteiger partial charge in [-0.15, -0.1) is 0 Å². The summed E-state index contributed by atoms with van der Waals surface area (Å²) in [6.45, 7) is 5.92. The molecule has 3 rings (SSSR count). The third-order valence-electron chi connectivity index (χ3n) is 4.71. The maximum absolute atomic E-state index is 3.62. The maximum atomic E-state index is 3.62. The van der Waals surface area contributed by atoms with Crippen molar-refractivity contribution in [2.45, 2.75) is 45.4 Å². The molecular formula is C17H26N2. The van der Waals surface area contributed by atoms with Gasteiger partial charge in [0.15, 0.2) is 0 Å². The Hall–Kier alpha value is -1.18. The first-order chi connectivity index (χ1) is 9.38. The third-order valence-corrected chi connectivity index (χ3v) is 4.71. The van der Waals surface area contributed by atoms with Crippen molar-refractivity contribution in [3.63, 3.8) is 0 Å². The van der Waals surface area contributed by atoms with Gasteiger partial charge in [0.25, 0.3) is 0 Å². The van der Waals surface area contributed by atoms with E-state index in [2.05, 4.69) is 35.3 Å². The molecule has 1 aromatic rings. The molecule has 2 heterocycles. The molecule has 1 aromatic carbocycles. The van der Waals surface area contributed by atoms with Crippen molar-refractivity contribution in [1.82, 2.24) is 0 Å². The summed E-state index contributed by atoms with van der Waals surface area (Å²) in [5.41, 5.74) is 4.38. The zero-order valence-corrected chi connectivity index (χ0v) is 12.1. The lowest BCUT2D eigenvalue weighted by Gasteiger charge is -2.36. The van der Waals surface area contributed by atoms with Gasteiger partial charge in [0.1, 0.15) is 0 Å². The molecule has 0 saturated carbocycles. The highest BCUT2D eigenvalue weighted by molar-refractivity contribution is 5.74. The van der Waals surface area contributed by atoms with Crippen molar-refractivity contribution in [3.05, 3.63) is 23.8 Å². The van der Waals surface area contributed by atoms with Crippen LogP contribution >= 0.6 is 0 Å². The number of piperidine rings is 1. The monoisotopic (exact) mass is 258 g/mol. The van der Waals surface area contributed by atoms with E-state index in [0.29, 0.717) is 0 Å². The summed E-state index contributed by atoms with van der Waals surface area (Å²) in [7, 11) is 0. The van der Waals surface area contributed by atoms with E-state index < -0.39 is 0 Å². The van der Waals surface area contributed by atoms with Gasteiger partial charge in [0, 0.05) is 19.6 Å². The topological polar surface area (TPSA) is 15.3 Å². The van der Waals surface area contributed by atoms with Crippen LogP contribution in [0.5, 0.6) is 0 Å². The van der Waals surface area contributed by atoms with E-state index in [4.69, 9.17) is 0 Å². The first-order valence-corrected chi connectivity index (χ1v) is 7.99. The molecule has 2 heteroatoms. The molecule has 0 radical (unpaired) electrons. The fourth-order valence-electron chi connectivity index (χ4n) is 3.63. The average Bonchev–Trinajstić information content (AvgIpc) is 2.48. The second kappa shape index (κ2) is 5.85. The Morgan fingerprint density at radius 1 is 1.26 bits per heavy atom. The quantitative estimate of drug-likeness (QED) is 0.879. The van der Waals surface area contributed by atoms with Crippen LogP contribution in [0.4, 0.5) is 11.4 Å². The molecule has 2 aliphatic rings. The van der Waals surface area contributed by atoms with Crippen LogP contribution in [0.15, 0.2) is 18.2 Å². The summed E-state index contributed by atoms with van der Waals surface area (Å²) in [5.74, 6) is 0.966. The molecule has 0 atom stereocenters. The van der Waals surface area contributed by atoms with E-state index in [0.717, 1.165) is 12.5 Å². The largest absolute Gasteiger partial charge is 0.383 e. The highest BCUT2D eigenvalue weighted by Crippen LogP contribution is 2.35. The van der Waals surface area contributed by atoms with Gasteiger partial charge in [0.2, 0.25) is 0 Å². The zero-order valence-electron chi connectivity index (χ0n) is 12.1. The smallest absolute Gasteiger partial charge is 0.0610 e. The molecule has 104 valence electrons. The molecule has 0 spiro atoms. The van der Waals surface area contributed by atoms with Gasteiger partial charge in [-0.25, -0.2) is 0 Å². The molecule has 1 saturated heterocycles. The number of hydrogen-bond donors (Lipinski definition) is 1. The van der Waals surface area contributed by atoms with E-state index in [1.165, 1.54) is 68.6 Å². The van der Waals surface area contributed by atoms with Crippen molar-refractivity contribution < 1.29 is 0 Å². The second-order valence-corrected chi connectivity index (χ2v) is 6.06. The van der Waals surface area contributed by atoms with Gasteiger partial charge < -0.3 is 10.2 Å². The first-order valence-electron chi connectivity index (χ1n) is 7.99. The molecule has 0 unspecified atom stereocenters. The van der Waals surface area contributed by atoms with E-state index >= 15 is 0 Å². The van der Waals surface area contributed by atoms with Crippen LogP contribution < -0.4 is 10.2 Å². The van der Waals surface area contributed by atoms with Gasteiger partial charge in [-0.05, 0) is 43.2 Å². The Bertz CT molecular complexity index is 419. The lowest BCUT2D eigenvalue weighted by atomic mass is 9.91. The zero-order chi connectivity index (χ0) is 13.1. The number of nitrogens with zero attached hydrogens (tertiary/aromatic N) is 1. The number of hydrogen-bond acceptors (Lipinski definition) is 2. The molecule has 1 N–H and O–H groups in total. The van der Waals surface area contributed by atoms with Crippen molar-refractivity contribution in [2.24, 2.45) is 5.92 Å². The summed E-state index contributed by atoms with van der Waals surface area (Å²) >= 11 is 0. The van der Waals surface area contributed by atoms with Crippen molar-refractivity contribution in [3.8, 4) is 0 Å². The van der Waals surface area contributed by atoms with Crippen LogP contribution in [0.25, 0.3) is 0 Å². The highest BCUT2D eigenvalue weighted by Gasteiger charge is 2.22. The Kier molecular flexibility index (Phi) is 3.95. The Morgan fingerprint density at radius 2 is 2.11 bits per heavy atom. The SMILES string of the molecule is CCCC1CCN(c2cccc3c2NCCC3)CC1. The summed E-state index contributed by atoms with van der Waals surface area (Å²) in [4.78, 5) is 2.60. The lowest BCUT2D eigenvalue weighted by molar-refractivity contribution is 0.378. The molecular weight excluding hydrogens is 232 g/mol. The number of aryl methyl sites for hydroxylation is 1. The molecule has 0 amide bonds. The molecule has 2 aliphatic heterocycles. The van der Waals surface area contributed by atoms with E-state index in [-0.39, 0.29) is 0 Å². The minimum absolute atomic E-state index is 0.966. The number of anilines is 2. The fourth-order valence-corrected chi connectivity index (χ4v) is 3.63. The average molecular weight is 258 g/mol. The predicted octanol–water partition coefficient (Wildman–Crippen LogP) is 4.06. The van der Waals surface area contributed by atoms with Crippen molar-refractivity contribution >= 4 is 11.4 Å². The van der Waals surface area contributed by atoms with Gasteiger partial charge in [-0.2, -0.15) is 0 Å². The highest BCUT2D eigenvalue weighted by atomic mass is 15.2. The number of fused-ring (bicyclic) bond motifs is 1. The number of benzene rings is 1. The summed E-state index contributed by atoms with van der Waals surface area (Å²) in [5, 5.41) is 3.62. The molecule has 19 heavy (non-hydrogen) atoms. The Labute approximate surface area is 117 Å². The van der Waals surface area contributed by atoms with Crippen LogP contribution in [0.3, 0.4) is 0 Å². The van der Waals surface area contributed by atoms with Gasteiger partial charge in [-0.1, -0.05) is 31.9 Å². The molecule has 2 nitrogen and oxygen atoms in total. The summed E-state index contributed by atoms with van der Waals surface area (Å²) in [6, 6.07) is 6.82. The maximum Gasteiger partial charge on any atom is 0.0610 e.